The third kappa shape index (κ3) is 4.25. The number of pyridine rings is 1. The van der Waals surface area contributed by atoms with Crippen LogP contribution >= 0.6 is 0 Å². The maximum atomic E-state index is 12.6. The topological polar surface area (TPSA) is 96.4 Å². The van der Waals surface area contributed by atoms with Crippen LogP contribution in [0.5, 0.6) is 0 Å². The zero-order valence-corrected chi connectivity index (χ0v) is 14.7. The van der Waals surface area contributed by atoms with E-state index < -0.39 is 22.0 Å². The van der Waals surface area contributed by atoms with Crippen molar-refractivity contribution in [3.63, 3.8) is 0 Å². The van der Waals surface area contributed by atoms with Gasteiger partial charge in [-0.2, -0.15) is 4.72 Å². The van der Waals surface area contributed by atoms with Gasteiger partial charge >= 0.3 is 5.97 Å². The van der Waals surface area contributed by atoms with Gasteiger partial charge in [0.2, 0.25) is 0 Å². The van der Waals surface area contributed by atoms with Gasteiger partial charge in [-0.25, -0.2) is 13.4 Å². The first-order valence-electron chi connectivity index (χ1n) is 8.10. The number of nitrogens with one attached hydrogen (secondary N) is 1. The molecule has 0 fully saturated rings. The van der Waals surface area contributed by atoms with Crippen molar-refractivity contribution in [3.8, 4) is 0 Å². The molecule has 1 aromatic heterocycles. The lowest BCUT2D eigenvalue weighted by Gasteiger charge is -2.14. The Balaban J connectivity index is 1.79. The van der Waals surface area contributed by atoms with Crippen LogP contribution in [0, 0.1) is 0 Å². The molecule has 1 heterocycles. The Morgan fingerprint density at radius 2 is 1.69 bits per heavy atom. The van der Waals surface area contributed by atoms with E-state index in [2.05, 4.69) is 9.71 Å². The molecule has 7 heteroatoms. The number of para-hydroxylation sites is 1. The average molecular weight is 370 g/mol. The SMILES string of the molecule is O=C(O)[C@H](CCc1ccccc1)NS(=O)(=O)c1ccc2ccccc2n1. The van der Waals surface area contributed by atoms with E-state index in [1.54, 1.807) is 18.2 Å². The number of hydrogen-bond acceptors (Lipinski definition) is 4. The lowest BCUT2D eigenvalue weighted by atomic mass is 10.1. The van der Waals surface area contributed by atoms with E-state index in [-0.39, 0.29) is 11.4 Å². The van der Waals surface area contributed by atoms with E-state index in [4.69, 9.17) is 0 Å². The molecule has 26 heavy (non-hydrogen) atoms. The van der Waals surface area contributed by atoms with Crippen LogP contribution in [-0.2, 0) is 21.2 Å². The molecule has 1 atom stereocenters. The number of aromatic nitrogens is 1. The number of carbonyl (C=O) groups is 1. The second-order valence-corrected chi connectivity index (χ2v) is 7.54. The standard InChI is InChI=1S/C19H18N2O4S/c22-19(23)17(12-10-14-6-2-1-3-7-14)21-26(24,25)18-13-11-15-8-4-5-9-16(15)20-18/h1-9,11,13,17,21H,10,12H2,(H,22,23)/t17-/m0/s1. The Morgan fingerprint density at radius 3 is 2.42 bits per heavy atom. The fourth-order valence-electron chi connectivity index (χ4n) is 2.63. The van der Waals surface area contributed by atoms with Crippen molar-refractivity contribution in [2.24, 2.45) is 0 Å². The lowest BCUT2D eigenvalue weighted by Crippen LogP contribution is -2.41. The van der Waals surface area contributed by atoms with Crippen molar-refractivity contribution in [2.75, 3.05) is 0 Å². The van der Waals surface area contributed by atoms with E-state index in [1.165, 1.54) is 6.07 Å². The predicted molar refractivity (Wildman–Crippen MR) is 98.3 cm³/mol. The maximum absolute atomic E-state index is 12.6. The summed E-state index contributed by atoms with van der Waals surface area (Å²) in [5.74, 6) is -1.22. The second kappa shape index (κ2) is 7.63. The van der Waals surface area contributed by atoms with E-state index in [0.29, 0.717) is 11.9 Å². The third-order valence-electron chi connectivity index (χ3n) is 4.01. The van der Waals surface area contributed by atoms with Gasteiger partial charge in [0.1, 0.15) is 6.04 Å². The molecule has 0 bridgehead atoms. The highest BCUT2D eigenvalue weighted by Gasteiger charge is 2.26. The molecule has 3 rings (SSSR count). The number of carboxylic acid groups (broad SMARTS) is 1. The number of sulfonamides is 1. The quantitative estimate of drug-likeness (QED) is 0.666. The third-order valence-corrected chi connectivity index (χ3v) is 5.38. The van der Waals surface area contributed by atoms with Crippen molar-refractivity contribution in [1.82, 2.24) is 9.71 Å². The summed E-state index contributed by atoms with van der Waals surface area (Å²) >= 11 is 0. The van der Waals surface area contributed by atoms with Crippen LogP contribution < -0.4 is 4.72 Å². The van der Waals surface area contributed by atoms with E-state index in [0.717, 1.165) is 10.9 Å². The first kappa shape index (κ1) is 18.0. The second-order valence-electron chi connectivity index (χ2n) is 5.88. The van der Waals surface area contributed by atoms with Crippen molar-refractivity contribution in [3.05, 3.63) is 72.3 Å². The number of hydrogen-bond donors (Lipinski definition) is 2. The Labute approximate surface area is 151 Å². The zero-order chi connectivity index (χ0) is 18.6. The molecule has 0 aliphatic heterocycles. The first-order chi connectivity index (χ1) is 12.5. The van der Waals surface area contributed by atoms with Gasteiger partial charge in [0.25, 0.3) is 10.0 Å². The van der Waals surface area contributed by atoms with Crippen LogP contribution in [0.2, 0.25) is 0 Å². The van der Waals surface area contributed by atoms with Gasteiger partial charge < -0.3 is 5.11 Å². The fraction of sp³-hybridized carbons (Fsp3) is 0.158. The Bertz CT molecular complexity index is 1020. The van der Waals surface area contributed by atoms with Crippen molar-refractivity contribution in [2.45, 2.75) is 23.9 Å². The number of fused-ring (bicyclic) bond motifs is 1. The van der Waals surface area contributed by atoms with Crippen LogP contribution in [0.3, 0.4) is 0 Å². The van der Waals surface area contributed by atoms with E-state index in [9.17, 15) is 18.3 Å². The minimum absolute atomic E-state index is 0.145. The molecule has 0 spiro atoms. The highest BCUT2D eigenvalue weighted by atomic mass is 32.2. The number of aliphatic carboxylic acids is 1. The lowest BCUT2D eigenvalue weighted by molar-refractivity contribution is -0.139. The van der Waals surface area contributed by atoms with E-state index in [1.807, 2.05) is 42.5 Å². The highest BCUT2D eigenvalue weighted by Crippen LogP contribution is 2.16. The number of carboxylic acids is 1. The van der Waals surface area contributed by atoms with Crippen LogP contribution in [0.15, 0.2) is 71.8 Å². The normalized spacial score (nSPS) is 12.8. The summed E-state index contributed by atoms with van der Waals surface area (Å²) in [5, 5.41) is 10.0. The van der Waals surface area contributed by atoms with Crippen molar-refractivity contribution in [1.29, 1.82) is 0 Å². The minimum Gasteiger partial charge on any atom is -0.480 e. The van der Waals surface area contributed by atoms with Gasteiger partial charge in [-0.15, -0.1) is 0 Å². The van der Waals surface area contributed by atoms with Crippen LogP contribution in [0.4, 0.5) is 0 Å². The van der Waals surface area contributed by atoms with Crippen molar-refractivity contribution < 1.29 is 18.3 Å². The Kier molecular flexibility index (Phi) is 5.29. The largest absolute Gasteiger partial charge is 0.480 e. The highest BCUT2D eigenvalue weighted by molar-refractivity contribution is 7.89. The summed E-state index contributed by atoms with van der Waals surface area (Å²) in [6.07, 6.45) is 0.595. The number of aryl methyl sites for hydroxylation is 1. The van der Waals surface area contributed by atoms with Crippen LogP contribution in [-0.4, -0.2) is 30.5 Å². The summed E-state index contributed by atoms with van der Waals surface area (Å²) in [6, 6.07) is 18.3. The number of benzene rings is 2. The maximum Gasteiger partial charge on any atom is 0.321 e. The summed E-state index contributed by atoms with van der Waals surface area (Å²) in [5.41, 5.74) is 1.48. The average Bonchev–Trinajstić information content (AvgIpc) is 2.65. The van der Waals surface area contributed by atoms with Gasteiger partial charge in [-0.05, 0) is 36.6 Å². The van der Waals surface area contributed by atoms with Gasteiger partial charge in [-0.3, -0.25) is 4.79 Å². The minimum atomic E-state index is -4.04. The molecule has 6 nitrogen and oxygen atoms in total. The van der Waals surface area contributed by atoms with Gasteiger partial charge in [0.05, 0.1) is 5.52 Å². The smallest absolute Gasteiger partial charge is 0.321 e. The molecular formula is C19H18N2O4S. The van der Waals surface area contributed by atoms with Crippen LogP contribution in [0.25, 0.3) is 10.9 Å². The summed E-state index contributed by atoms with van der Waals surface area (Å²) in [7, 11) is -4.04. The summed E-state index contributed by atoms with van der Waals surface area (Å²) < 4.78 is 27.4. The molecule has 0 radical (unpaired) electrons. The van der Waals surface area contributed by atoms with Gasteiger partial charge in [0, 0.05) is 5.39 Å². The first-order valence-corrected chi connectivity index (χ1v) is 9.59. The van der Waals surface area contributed by atoms with Crippen LogP contribution in [0.1, 0.15) is 12.0 Å². The van der Waals surface area contributed by atoms with Gasteiger partial charge in [0.15, 0.2) is 5.03 Å². The van der Waals surface area contributed by atoms with E-state index >= 15 is 0 Å². The molecule has 0 saturated carbocycles. The molecule has 0 aliphatic carbocycles. The number of rotatable bonds is 7. The molecule has 0 saturated heterocycles. The molecule has 2 aromatic carbocycles. The summed E-state index contributed by atoms with van der Waals surface area (Å²) in [6.45, 7) is 0. The molecule has 0 amide bonds. The molecule has 0 aliphatic rings. The molecule has 2 N–H and O–H groups in total. The Hall–Kier alpha value is -2.77. The van der Waals surface area contributed by atoms with Crippen molar-refractivity contribution >= 4 is 26.9 Å². The molecular weight excluding hydrogens is 352 g/mol. The molecule has 0 unspecified atom stereocenters. The molecule has 134 valence electrons. The van der Waals surface area contributed by atoms with Gasteiger partial charge in [-0.1, -0.05) is 48.5 Å². The monoisotopic (exact) mass is 370 g/mol. The Morgan fingerprint density at radius 1 is 1.00 bits per heavy atom. The predicted octanol–water partition coefficient (Wildman–Crippen LogP) is 2.60. The zero-order valence-electron chi connectivity index (χ0n) is 13.9. The molecule has 3 aromatic rings. The summed E-state index contributed by atoms with van der Waals surface area (Å²) in [4.78, 5) is 15.6. The fourth-order valence-corrected chi connectivity index (χ4v) is 3.81. The number of nitrogens with zero attached hydrogens (tertiary/aromatic N) is 1.